The molecule has 0 aromatic rings. The van der Waals surface area contributed by atoms with Crippen molar-refractivity contribution in [3.05, 3.63) is 0 Å². The van der Waals surface area contributed by atoms with Gasteiger partial charge in [0.25, 0.3) is 0 Å². The third-order valence-corrected chi connectivity index (χ3v) is 4.38. The predicted molar refractivity (Wildman–Crippen MR) is 65.9 cm³/mol. The third kappa shape index (κ3) is 2.30. The van der Waals surface area contributed by atoms with Crippen molar-refractivity contribution in [1.29, 1.82) is 0 Å². The highest BCUT2D eigenvalue weighted by Crippen LogP contribution is 2.36. The molecule has 0 aromatic heterocycles. The lowest BCUT2D eigenvalue weighted by Crippen LogP contribution is -2.69. The number of carbonyl (C=O) groups is 1. The van der Waals surface area contributed by atoms with Gasteiger partial charge in [0.2, 0.25) is 0 Å². The van der Waals surface area contributed by atoms with Crippen LogP contribution in [0.4, 0.5) is 4.79 Å². The fourth-order valence-corrected chi connectivity index (χ4v) is 3.23. The first-order valence-corrected chi connectivity index (χ1v) is 6.88. The van der Waals surface area contributed by atoms with Gasteiger partial charge in [-0.3, -0.25) is 4.90 Å². The van der Waals surface area contributed by atoms with E-state index in [1.165, 1.54) is 0 Å². The van der Waals surface area contributed by atoms with E-state index >= 15 is 0 Å². The van der Waals surface area contributed by atoms with Gasteiger partial charge in [0, 0.05) is 31.1 Å². The smallest absolute Gasteiger partial charge is 0.410 e. The van der Waals surface area contributed by atoms with Gasteiger partial charge in [-0.1, -0.05) is 0 Å². The van der Waals surface area contributed by atoms with Crippen LogP contribution in [0.15, 0.2) is 0 Å². The molecule has 2 aliphatic rings. The van der Waals surface area contributed by atoms with Gasteiger partial charge in [0.05, 0.1) is 5.54 Å². The lowest BCUT2D eigenvalue weighted by molar-refractivity contribution is -0.00298. The van der Waals surface area contributed by atoms with Crippen molar-refractivity contribution < 1.29 is 9.53 Å². The summed E-state index contributed by atoms with van der Waals surface area (Å²) < 4.78 is 5.46. The molecule has 1 spiro atoms. The van der Waals surface area contributed by atoms with Crippen molar-refractivity contribution in [1.82, 2.24) is 10.2 Å². The minimum absolute atomic E-state index is 0.0191. The number of ether oxygens (including phenoxy) is 1. The van der Waals surface area contributed by atoms with Crippen LogP contribution in [-0.4, -0.2) is 53.3 Å². The molecule has 1 N–H and O–H groups in total. The molecule has 4 nitrogen and oxygen atoms in total. The zero-order valence-electron chi connectivity index (χ0n) is 10.2. The Morgan fingerprint density at radius 1 is 1.44 bits per heavy atom. The van der Waals surface area contributed by atoms with E-state index in [2.05, 4.69) is 5.32 Å². The molecule has 5 heteroatoms. The first-order chi connectivity index (χ1) is 7.43. The fourth-order valence-electron chi connectivity index (χ4n) is 2.04. The van der Waals surface area contributed by atoms with Crippen molar-refractivity contribution in [2.75, 3.05) is 31.1 Å². The first kappa shape index (κ1) is 12.0. The Labute approximate surface area is 101 Å². The second-order valence-corrected chi connectivity index (χ2v) is 6.51. The number of piperazine rings is 1. The number of hydrogen-bond donors (Lipinski definition) is 1. The van der Waals surface area contributed by atoms with Gasteiger partial charge in [0.15, 0.2) is 0 Å². The van der Waals surface area contributed by atoms with Gasteiger partial charge in [-0.15, -0.1) is 0 Å². The molecule has 92 valence electrons. The van der Waals surface area contributed by atoms with E-state index in [0.717, 1.165) is 31.1 Å². The van der Waals surface area contributed by atoms with Gasteiger partial charge in [-0.25, -0.2) is 4.79 Å². The normalized spacial score (nSPS) is 24.1. The van der Waals surface area contributed by atoms with Crippen LogP contribution in [0, 0.1) is 0 Å². The number of rotatable bonds is 0. The van der Waals surface area contributed by atoms with E-state index in [-0.39, 0.29) is 11.6 Å². The van der Waals surface area contributed by atoms with E-state index in [1.807, 2.05) is 37.4 Å². The maximum atomic E-state index is 12.1. The summed E-state index contributed by atoms with van der Waals surface area (Å²) in [5, 5.41) is 3.36. The second-order valence-electron chi connectivity index (χ2n) is 5.53. The molecule has 2 heterocycles. The van der Waals surface area contributed by atoms with Crippen LogP contribution in [-0.2, 0) is 4.74 Å². The molecular formula is C11H20N2O2S. The number of thioether (sulfide) groups is 1. The number of hydrogen-bond acceptors (Lipinski definition) is 4. The van der Waals surface area contributed by atoms with Gasteiger partial charge < -0.3 is 10.1 Å². The highest BCUT2D eigenvalue weighted by Gasteiger charge is 2.48. The summed E-state index contributed by atoms with van der Waals surface area (Å²) in [5.41, 5.74) is -0.384. The molecule has 16 heavy (non-hydrogen) atoms. The molecule has 2 aliphatic heterocycles. The molecule has 1 amide bonds. The Morgan fingerprint density at radius 2 is 2.12 bits per heavy atom. The van der Waals surface area contributed by atoms with Gasteiger partial charge >= 0.3 is 6.09 Å². The van der Waals surface area contributed by atoms with Crippen LogP contribution >= 0.6 is 11.8 Å². The maximum absolute atomic E-state index is 12.1. The minimum Gasteiger partial charge on any atom is -0.444 e. The average molecular weight is 244 g/mol. The SMILES string of the molecule is CC(C)(C)OC(=O)N1CCNCC12CSC2. The Kier molecular flexibility index (Phi) is 3.09. The average Bonchev–Trinajstić information content (AvgIpc) is 2.12. The number of amides is 1. The third-order valence-electron chi connectivity index (χ3n) is 2.89. The van der Waals surface area contributed by atoms with Crippen LogP contribution < -0.4 is 5.32 Å². The van der Waals surface area contributed by atoms with Crippen molar-refractivity contribution in [2.24, 2.45) is 0 Å². The molecule has 0 aromatic carbocycles. The summed E-state index contributed by atoms with van der Waals surface area (Å²) in [6, 6.07) is 0. The fraction of sp³-hybridized carbons (Fsp3) is 0.909. The molecule has 0 bridgehead atoms. The molecule has 0 unspecified atom stereocenters. The molecule has 2 rings (SSSR count). The van der Waals surface area contributed by atoms with Crippen molar-refractivity contribution >= 4 is 17.9 Å². The van der Waals surface area contributed by atoms with E-state index in [4.69, 9.17) is 4.74 Å². The summed E-state index contributed by atoms with van der Waals surface area (Å²) in [6.07, 6.45) is -0.158. The van der Waals surface area contributed by atoms with Gasteiger partial charge in [-0.2, -0.15) is 11.8 Å². The molecular weight excluding hydrogens is 224 g/mol. The zero-order valence-corrected chi connectivity index (χ0v) is 11.0. The van der Waals surface area contributed by atoms with E-state index in [9.17, 15) is 4.79 Å². The van der Waals surface area contributed by atoms with Crippen LogP contribution in [0.1, 0.15) is 20.8 Å². The van der Waals surface area contributed by atoms with E-state index in [1.54, 1.807) is 0 Å². The first-order valence-electron chi connectivity index (χ1n) is 5.72. The number of nitrogens with zero attached hydrogens (tertiary/aromatic N) is 1. The lowest BCUT2D eigenvalue weighted by atomic mass is 9.99. The summed E-state index contributed by atoms with van der Waals surface area (Å²) in [6.45, 7) is 8.26. The number of nitrogens with one attached hydrogen (secondary N) is 1. The Hall–Kier alpha value is -0.420. The molecule has 2 fully saturated rings. The summed E-state index contributed by atoms with van der Waals surface area (Å²) in [7, 11) is 0. The highest BCUT2D eigenvalue weighted by atomic mass is 32.2. The summed E-state index contributed by atoms with van der Waals surface area (Å²) >= 11 is 1.89. The molecule has 0 atom stereocenters. The Bertz CT molecular complexity index is 284. The monoisotopic (exact) mass is 244 g/mol. The van der Waals surface area contributed by atoms with Gasteiger partial charge in [0.1, 0.15) is 5.60 Å². The minimum atomic E-state index is -0.403. The highest BCUT2D eigenvalue weighted by molar-refractivity contribution is 8.00. The standard InChI is InChI=1S/C11H20N2O2S/c1-10(2,3)15-9(14)13-5-4-12-6-11(13)7-16-8-11/h12H,4-8H2,1-3H3. The van der Waals surface area contributed by atoms with E-state index < -0.39 is 5.60 Å². The summed E-state index contributed by atoms with van der Waals surface area (Å²) in [4.78, 5) is 14.0. The quantitative estimate of drug-likeness (QED) is 0.697. The lowest BCUT2D eigenvalue weighted by Gasteiger charge is -2.52. The predicted octanol–water partition coefficient (Wildman–Crippen LogP) is 1.31. The second kappa shape index (κ2) is 4.11. The molecule has 0 saturated carbocycles. The van der Waals surface area contributed by atoms with Crippen LogP contribution in [0.3, 0.4) is 0 Å². The molecule has 0 radical (unpaired) electrons. The van der Waals surface area contributed by atoms with Crippen LogP contribution in [0.2, 0.25) is 0 Å². The maximum Gasteiger partial charge on any atom is 0.410 e. The van der Waals surface area contributed by atoms with Crippen LogP contribution in [0.5, 0.6) is 0 Å². The Balaban J connectivity index is 2.03. The van der Waals surface area contributed by atoms with Crippen LogP contribution in [0.25, 0.3) is 0 Å². The summed E-state index contributed by atoms with van der Waals surface area (Å²) in [5.74, 6) is 2.05. The Morgan fingerprint density at radius 3 is 2.62 bits per heavy atom. The number of carbonyl (C=O) groups excluding carboxylic acids is 1. The van der Waals surface area contributed by atoms with Crippen molar-refractivity contribution in [3.63, 3.8) is 0 Å². The largest absolute Gasteiger partial charge is 0.444 e. The molecule has 2 saturated heterocycles. The topological polar surface area (TPSA) is 41.6 Å². The van der Waals surface area contributed by atoms with Crippen molar-refractivity contribution in [2.45, 2.75) is 31.9 Å². The van der Waals surface area contributed by atoms with Crippen molar-refractivity contribution in [3.8, 4) is 0 Å². The van der Waals surface area contributed by atoms with E-state index in [0.29, 0.717) is 0 Å². The van der Waals surface area contributed by atoms with Gasteiger partial charge in [-0.05, 0) is 20.8 Å². The molecule has 0 aliphatic carbocycles. The zero-order chi connectivity index (χ0) is 11.8.